The van der Waals surface area contributed by atoms with E-state index in [0.717, 1.165) is 31.1 Å². The summed E-state index contributed by atoms with van der Waals surface area (Å²) in [6, 6.07) is 16.8. The van der Waals surface area contributed by atoms with Gasteiger partial charge in [0.2, 0.25) is 0 Å². The van der Waals surface area contributed by atoms with E-state index in [1.807, 2.05) is 18.2 Å². The summed E-state index contributed by atoms with van der Waals surface area (Å²) >= 11 is 0. The normalized spacial score (nSPS) is 20.4. The second-order valence-corrected chi connectivity index (χ2v) is 6.46. The molecule has 25 heavy (non-hydrogen) atoms. The van der Waals surface area contributed by atoms with Crippen LogP contribution in [-0.4, -0.2) is 37.7 Å². The predicted octanol–water partition coefficient (Wildman–Crippen LogP) is 3.19. The van der Waals surface area contributed by atoms with Crippen molar-refractivity contribution in [1.82, 2.24) is 4.90 Å². The predicted molar refractivity (Wildman–Crippen MR) is 101 cm³/mol. The number of nitrogens with two attached hydrogens (primary N) is 1. The molecule has 1 aliphatic heterocycles. The molecule has 2 N–H and O–H groups in total. The van der Waals surface area contributed by atoms with E-state index in [-0.39, 0.29) is 6.04 Å². The molecule has 0 aliphatic carbocycles. The van der Waals surface area contributed by atoms with Crippen LogP contribution in [0.4, 0.5) is 0 Å². The molecular formula is C21H26N2O2. The molecule has 4 heteroatoms. The van der Waals surface area contributed by atoms with E-state index in [4.69, 9.17) is 15.2 Å². The maximum atomic E-state index is 6.39. The van der Waals surface area contributed by atoms with E-state index in [9.17, 15) is 0 Å². The van der Waals surface area contributed by atoms with Crippen molar-refractivity contribution in [3.05, 3.63) is 72.3 Å². The molecule has 1 aliphatic rings. The second kappa shape index (κ2) is 8.19. The average molecular weight is 338 g/mol. The van der Waals surface area contributed by atoms with Gasteiger partial charge in [-0.05, 0) is 23.3 Å². The molecule has 1 saturated heterocycles. The molecule has 0 unspecified atom stereocenters. The van der Waals surface area contributed by atoms with E-state index in [1.165, 1.54) is 11.1 Å². The van der Waals surface area contributed by atoms with E-state index in [1.54, 1.807) is 13.2 Å². The number of rotatable bonds is 7. The summed E-state index contributed by atoms with van der Waals surface area (Å²) in [5.74, 6) is 1.88. The van der Waals surface area contributed by atoms with E-state index in [2.05, 4.69) is 41.8 Å². The minimum Gasteiger partial charge on any atom is -0.493 e. The van der Waals surface area contributed by atoms with E-state index in [0.29, 0.717) is 12.5 Å². The van der Waals surface area contributed by atoms with E-state index >= 15 is 0 Å². The van der Waals surface area contributed by atoms with Crippen LogP contribution in [-0.2, 0) is 6.54 Å². The fourth-order valence-corrected chi connectivity index (χ4v) is 3.43. The highest BCUT2D eigenvalue weighted by atomic mass is 16.5. The Labute approximate surface area is 149 Å². The van der Waals surface area contributed by atoms with Gasteiger partial charge in [0.25, 0.3) is 0 Å². The Bertz CT molecular complexity index is 702. The SMILES string of the molecule is C=CCOc1ccc(CN2C[C@@H](N)[C@H](c3ccccc3)C2)cc1OC. The molecule has 2 aromatic carbocycles. The number of benzene rings is 2. The van der Waals surface area contributed by atoms with Crippen LogP contribution in [0, 0.1) is 0 Å². The first-order valence-electron chi connectivity index (χ1n) is 8.64. The fraction of sp³-hybridized carbons (Fsp3) is 0.333. The van der Waals surface area contributed by atoms with Crippen LogP contribution < -0.4 is 15.2 Å². The zero-order valence-electron chi connectivity index (χ0n) is 14.7. The van der Waals surface area contributed by atoms with Gasteiger partial charge < -0.3 is 15.2 Å². The molecule has 0 radical (unpaired) electrons. The molecule has 3 rings (SSSR count). The van der Waals surface area contributed by atoms with Crippen LogP contribution in [0.3, 0.4) is 0 Å². The van der Waals surface area contributed by atoms with Gasteiger partial charge in [0.05, 0.1) is 7.11 Å². The Morgan fingerprint density at radius 2 is 1.96 bits per heavy atom. The summed E-state index contributed by atoms with van der Waals surface area (Å²) in [5, 5.41) is 0. The van der Waals surface area contributed by atoms with E-state index < -0.39 is 0 Å². The van der Waals surface area contributed by atoms with Crippen LogP contribution >= 0.6 is 0 Å². The lowest BCUT2D eigenvalue weighted by atomic mass is 9.95. The number of hydrogen-bond donors (Lipinski definition) is 1. The molecule has 132 valence electrons. The largest absolute Gasteiger partial charge is 0.493 e. The highest BCUT2D eigenvalue weighted by molar-refractivity contribution is 5.43. The monoisotopic (exact) mass is 338 g/mol. The van der Waals surface area contributed by atoms with Crippen molar-refractivity contribution in [2.45, 2.75) is 18.5 Å². The highest BCUT2D eigenvalue weighted by Crippen LogP contribution is 2.31. The lowest BCUT2D eigenvalue weighted by Crippen LogP contribution is -2.28. The van der Waals surface area contributed by atoms with Gasteiger partial charge in [-0.3, -0.25) is 4.90 Å². The quantitative estimate of drug-likeness (QED) is 0.788. The maximum absolute atomic E-state index is 6.39. The van der Waals surface area contributed by atoms with Crippen LogP contribution in [0.1, 0.15) is 17.0 Å². The Morgan fingerprint density at radius 1 is 1.16 bits per heavy atom. The lowest BCUT2D eigenvalue weighted by molar-refractivity contribution is 0.315. The van der Waals surface area contributed by atoms with Gasteiger partial charge in [0, 0.05) is 31.6 Å². The Balaban J connectivity index is 1.67. The molecule has 1 heterocycles. The molecule has 0 aromatic heterocycles. The summed E-state index contributed by atoms with van der Waals surface area (Å²) in [5.41, 5.74) is 8.91. The molecule has 4 nitrogen and oxygen atoms in total. The second-order valence-electron chi connectivity index (χ2n) is 6.46. The molecule has 0 spiro atoms. The smallest absolute Gasteiger partial charge is 0.161 e. The average Bonchev–Trinajstić information content (AvgIpc) is 3.01. The van der Waals surface area contributed by atoms with Crippen molar-refractivity contribution in [3.8, 4) is 11.5 Å². The van der Waals surface area contributed by atoms with Crippen molar-refractivity contribution < 1.29 is 9.47 Å². The van der Waals surface area contributed by atoms with Gasteiger partial charge >= 0.3 is 0 Å². The van der Waals surface area contributed by atoms with Gasteiger partial charge in [-0.25, -0.2) is 0 Å². The number of nitrogens with zero attached hydrogens (tertiary/aromatic N) is 1. The third-order valence-corrected chi connectivity index (χ3v) is 4.66. The first-order valence-corrected chi connectivity index (χ1v) is 8.64. The molecule has 2 atom stereocenters. The topological polar surface area (TPSA) is 47.7 Å². The lowest BCUT2D eigenvalue weighted by Gasteiger charge is -2.17. The minimum absolute atomic E-state index is 0.166. The van der Waals surface area contributed by atoms with Crippen molar-refractivity contribution >= 4 is 0 Å². The third kappa shape index (κ3) is 4.21. The molecular weight excluding hydrogens is 312 g/mol. The maximum Gasteiger partial charge on any atom is 0.161 e. The molecule has 2 aromatic rings. The van der Waals surface area contributed by atoms with Crippen LogP contribution in [0.5, 0.6) is 11.5 Å². The number of ether oxygens (including phenoxy) is 2. The molecule has 0 bridgehead atoms. The summed E-state index contributed by atoms with van der Waals surface area (Å²) in [6.45, 7) is 6.87. The number of likely N-dealkylation sites (tertiary alicyclic amines) is 1. The molecule has 1 fully saturated rings. The van der Waals surface area contributed by atoms with Crippen LogP contribution in [0.2, 0.25) is 0 Å². The van der Waals surface area contributed by atoms with Crippen molar-refractivity contribution in [2.75, 3.05) is 26.8 Å². The molecule has 0 amide bonds. The molecule has 0 saturated carbocycles. The van der Waals surface area contributed by atoms with Gasteiger partial charge in [-0.15, -0.1) is 0 Å². The summed E-state index contributed by atoms with van der Waals surface area (Å²) in [4.78, 5) is 2.40. The van der Waals surface area contributed by atoms with Gasteiger partial charge in [-0.2, -0.15) is 0 Å². The first-order chi connectivity index (χ1) is 12.2. The minimum atomic E-state index is 0.166. The Kier molecular flexibility index (Phi) is 5.74. The summed E-state index contributed by atoms with van der Waals surface area (Å²) in [6.07, 6.45) is 1.72. The zero-order valence-corrected chi connectivity index (χ0v) is 14.7. The first kappa shape index (κ1) is 17.5. The van der Waals surface area contributed by atoms with Gasteiger partial charge in [0.15, 0.2) is 11.5 Å². The summed E-state index contributed by atoms with van der Waals surface area (Å²) in [7, 11) is 1.66. The third-order valence-electron chi connectivity index (χ3n) is 4.66. The zero-order chi connectivity index (χ0) is 17.6. The Morgan fingerprint density at radius 3 is 2.68 bits per heavy atom. The standard InChI is InChI=1S/C21H26N2O2/c1-3-11-25-20-10-9-16(12-21(20)24-2)13-23-14-18(19(22)15-23)17-7-5-4-6-8-17/h3-10,12,18-19H,1,11,13-15,22H2,2H3/t18-,19+/m0/s1. The highest BCUT2D eigenvalue weighted by Gasteiger charge is 2.31. The van der Waals surface area contributed by atoms with Crippen molar-refractivity contribution in [3.63, 3.8) is 0 Å². The fourth-order valence-electron chi connectivity index (χ4n) is 3.43. The van der Waals surface area contributed by atoms with Gasteiger partial charge in [0.1, 0.15) is 6.61 Å². The van der Waals surface area contributed by atoms with Crippen LogP contribution in [0.25, 0.3) is 0 Å². The van der Waals surface area contributed by atoms with Crippen LogP contribution in [0.15, 0.2) is 61.2 Å². The number of methoxy groups -OCH3 is 1. The number of hydrogen-bond acceptors (Lipinski definition) is 4. The Hall–Kier alpha value is -2.30. The van der Waals surface area contributed by atoms with Crippen molar-refractivity contribution in [2.24, 2.45) is 5.73 Å². The van der Waals surface area contributed by atoms with Crippen molar-refractivity contribution in [1.29, 1.82) is 0 Å². The summed E-state index contributed by atoms with van der Waals surface area (Å²) < 4.78 is 11.1. The van der Waals surface area contributed by atoms with Gasteiger partial charge in [-0.1, -0.05) is 49.1 Å².